The fraction of sp³-hybridized carbons (Fsp3) is 0.438. The van der Waals surface area contributed by atoms with E-state index in [9.17, 15) is 9.59 Å². The quantitative estimate of drug-likeness (QED) is 0.891. The second-order valence-electron chi connectivity index (χ2n) is 6.10. The van der Waals surface area contributed by atoms with E-state index in [0.29, 0.717) is 31.2 Å². The molecule has 2 N–H and O–H groups in total. The minimum absolute atomic E-state index is 0.104. The number of amides is 2. The van der Waals surface area contributed by atoms with Gasteiger partial charge in [-0.3, -0.25) is 14.7 Å². The van der Waals surface area contributed by atoms with Crippen LogP contribution < -0.4 is 5.32 Å². The van der Waals surface area contributed by atoms with E-state index in [1.807, 2.05) is 22.4 Å². The number of H-pyrrole nitrogens is 1. The number of aromatic amines is 1. The van der Waals surface area contributed by atoms with Crippen molar-refractivity contribution in [2.45, 2.75) is 38.3 Å². The maximum atomic E-state index is 12.5. The molecule has 0 radical (unpaired) electrons. The summed E-state index contributed by atoms with van der Waals surface area (Å²) in [6.07, 6.45) is 3.23. The number of thiophene rings is 1. The molecule has 7 heteroatoms. The Balaban J connectivity index is 1.48. The predicted octanol–water partition coefficient (Wildman–Crippen LogP) is 1.49. The second-order valence-corrected chi connectivity index (χ2v) is 7.13. The number of hydrogen-bond donors (Lipinski definition) is 2. The summed E-state index contributed by atoms with van der Waals surface area (Å²) in [6.45, 7) is 1.13. The highest BCUT2D eigenvalue weighted by Crippen LogP contribution is 2.24. The van der Waals surface area contributed by atoms with Gasteiger partial charge in [0.25, 0.3) is 5.91 Å². The molecule has 6 nitrogen and oxygen atoms in total. The summed E-state index contributed by atoms with van der Waals surface area (Å²) in [6, 6.07) is 4.23. The van der Waals surface area contributed by atoms with Gasteiger partial charge in [0.2, 0.25) is 5.91 Å². The Morgan fingerprint density at radius 1 is 1.43 bits per heavy atom. The van der Waals surface area contributed by atoms with Crippen molar-refractivity contribution in [1.29, 1.82) is 0 Å². The smallest absolute Gasteiger partial charge is 0.272 e. The van der Waals surface area contributed by atoms with Crippen molar-refractivity contribution in [3.63, 3.8) is 0 Å². The van der Waals surface area contributed by atoms with Gasteiger partial charge in [0.05, 0.1) is 6.42 Å². The molecular formula is C16H18N4O2S. The van der Waals surface area contributed by atoms with Gasteiger partial charge in [-0.05, 0) is 24.3 Å². The molecule has 0 spiro atoms. The molecule has 3 heterocycles. The minimum atomic E-state index is -0.127. The average Bonchev–Trinajstić information content (AvgIpc) is 3.05. The van der Waals surface area contributed by atoms with Crippen molar-refractivity contribution in [3.8, 4) is 0 Å². The Hall–Kier alpha value is -2.15. The normalized spacial score (nSPS) is 17.0. The first-order valence-electron chi connectivity index (χ1n) is 7.88. The molecule has 4 rings (SSSR count). The number of carbonyl (C=O) groups excluding carboxylic acids is 2. The molecule has 1 aliphatic heterocycles. The van der Waals surface area contributed by atoms with Gasteiger partial charge in [-0.15, -0.1) is 11.3 Å². The van der Waals surface area contributed by atoms with E-state index >= 15 is 0 Å². The number of nitrogens with zero attached hydrogens (tertiary/aromatic N) is 2. The highest BCUT2D eigenvalue weighted by Gasteiger charge is 2.30. The van der Waals surface area contributed by atoms with Crippen molar-refractivity contribution in [2.24, 2.45) is 0 Å². The van der Waals surface area contributed by atoms with Crippen molar-refractivity contribution in [1.82, 2.24) is 20.4 Å². The Kier molecular flexibility index (Phi) is 3.65. The predicted molar refractivity (Wildman–Crippen MR) is 86.2 cm³/mol. The van der Waals surface area contributed by atoms with E-state index in [-0.39, 0.29) is 11.8 Å². The van der Waals surface area contributed by atoms with Gasteiger partial charge in [-0.2, -0.15) is 5.10 Å². The molecule has 2 aliphatic rings. The molecule has 1 fully saturated rings. The van der Waals surface area contributed by atoms with Gasteiger partial charge in [0.1, 0.15) is 0 Å². The van der Waals surface area contributed by atoms with Gasteiger partial charge in [-0.1, -0.05) is 6.07 Å². The van der Waals surface area contributed by atoms with Crippen LogP contribution in [0.5, 0.6) is 0 Å². The van der Waals surface area contributed by atoms with Gasteiger partial charge < -0.3 is 10.2 Å². The van der Waals surface area contributed by atoms with Crippen LogP contribution in [-0.2, 0) is 24.2 Å². The van der Waals surface area contributed by atoms with Gasteiger partial charge in [0, 0.05) is 41.7 Å². The third-order valence-electron chi connectivity index (χ3n) is 4.32. The zero-order valence-electron chi connectivity index (χ0n) is 12.7. The molecule has 0 unspecified atom stereocenters. The zero-order valence-corrected chi connectivity index (χ0v) is 13.5. The number of rotatable bonds is 4. The molecular weight excluding hydrogens is 312 g/mol. The zero-order chi connectivity index (χ0) is 15.8. The number of carbonyl (C=O) groups is 2. The highest BCUT2D eigenvalue weighted by molar-refractivity contribution is 7.10. The van der Waals surface area contributed by atoms with Crippen LogP contribution in [0.1, 0.15) is 39.5 Å². The van der Waals surface area contributed by atoms with Crippen molar-refractivity contribution in [2.75, 3.05) is 6.54 Å². The Morgan fingerprint density at radius 3 is 3.04 bits per heavy atom. The number of nitrogens with one attached hydrogen (secondary N) is 2. The van der Waals surface area contributed by atoms with E-state index in [2.05, 4.69) is 15.5 Å². The summed E-state index contributed by atoms with van der Waals surface area (Å²) in [7, 11) is 0. The first-order valence-corrected chi connectivity index (χ1v) is 8.76. The largest absolute Gasteiger partial charge is 0.348 e. The molecule has 2 amide bonds. The first-order chi connectivity index (χ1) is 11.2. The summed E-state index contributed by atoms with van der Waals surface area (Å²) in [5, 5.41) is 12.1. The molecule has 0 atom stereocenters. The van der Waals surface area contributed by atoms with Crippen LogP contribution in [0.25, 0.3) is 0 Å². The summed E-state index contributed by atoms with van der Waals surface area (Å²) < 4.78 is 0. The van der Waals surface area contributed by atoms with Gasteiger partial charge >= 0.3 is 0 Å². The SMILES string of the molecule is O=C(NC1CC1)c1n[nH]c2c1CN(C(=O)Cc1cccs1)CC2. The van der Waals surface area contributed by atoms with Crippen LogP contribution in [0.2, 0.25) is 0 Å². The lowest BCUT2D eigenvalue weighted by Gasteiger charge is -2.27. The van der Waals surface area contributed by atoms with Crippen LogP contribution >= 0.6 is 11.3 Å². The van der Waals surface area contributed by atoms with Crippen LogP contribution in [-0.4, -0.2) is 39.5 Å². The molecule has 2 aromatic rings. The molecule has 0 aromatic carbocycles. The van der Waals surface area contributed by atoms with Crippen LogP contribution in [0, 0.1) is 0 Å². The van der Waals surface area contributed by atoms with Crippen LogP contribution in [0.15, 0.2) is 17.5 Å². The maximum absolute atomic E-state index is 12.5. The standard InChI is InChI=1S/C16H18N4O2S/c21-14(8-11-2-1-7-23-11)20-6-5-13-12(9-20)15(19-18-13)16(22)17-10-3-4-10/h1-2,7,10H,3-6,8-9H2,(H,17,22)(H,18,19). The lowest BCUT2D eigenvalue weighted by molar-refractivity contribution is -0.131. The molecule has 0 bridgehead atoms. The summed E-state index contributed by atoms with van der Waals surface area (Å²) in [5.74, 6) is -0.0228. The van der Waals surface area contributed by atoms with Crippen LogP contribution in [0.4, 0.5) is 0 Å². The van der Waals surface area contributed by atoms with Gasteiger partial charge in [-0.25, -0.2) is 0 Å². The second kappa shape index (κ2) is 5.81. The average molecular weight is 330 g/mol. The van der Waals surface area contributed by atoms with Gasteiger partial charge in [0.15, 0.2) is 5.69 Å². The molecule has 2 aromatic heterocycles. The topological polar surface area (TPSA) is 78.1 Å². The molecule has 1 saturated carbocycles. The van der Waals surface area contributed by atoms with E-state index < -0.39 is 0 Å². The number of hydrogen-bond acceptors (Lipinski definition) is 4. The van der Waals surface area contributed by atoms with Crippen LogP contribution in [0.3, 0.4) is 0 Å². The summed E-state index contributed by atoms with van der Waals surface area (Å²) >= 11 is 1.59. The van der Waals surface area contributed by atoms with E-state index in [1.165, 1.54) is 0 Å². The minimum Gasteiger partial charge on any atom is -0.348 e. The molecule has 120 valence electrons. The first kappa shape index (κ1) is 14.4. The fourth-order valence-electron chi connectivity index (χ4n) is 2.85. The van der Waals surface area contributed by atoms with Crippen molar-refractivity contribution in [3.05, 3.63) is 39.3 Å². The van der Waals surface area contributed by atoms with E-state index in [0.717, 1.165) is 35.4 Å². The Morgan fingerprint density at radius 2 is 2.30 bits per heavy atom. The molecule has 23 heavy (non-hydrogen) atoms. The molecule has 1 aliphatic carbocycles. The fourth-order valence-corrected chi connectivity index (χ4v) is 3.55. The van der Waals surface area contributed by atoms with Crippen molar-refractivity contribution >= 4 is 23.2 Å². The lowest BCUT2D eigenvalue weighted by atomic mass is 10.0. The Labute approximate surface area is 137 Å². The van der Waals surface area contributed by atoms with Crippen molar-refractivity contribution < 1.29 is 9.59 Å². The van der Waals surface area contributed by atoms with E-state index in [1.54, 1.807) is 11.3 Å². The maximum Gasteiger partial charge on any atom is 0.272 e. The number of aromatic nitrogens is 2. The molecule has 0 saturated heterocycles. The van der Waals surface area contributed by atoms with E-state index in [4.69, 9.17) is 0 Å². The Bertz CT molecular complexity index is 733. The summed E-state index contributed by atoms with van der Waals surface area (Å²) in [5.41, 5.74) is 2.29. The summed E-state index contributed by atoms with van der Waals surface area (Å²) in [4.78, 5) is 27.6. The third-order valence-corrected chi connectivity index (χ3v) is 5.20. The third kappa shape index (κ3) is 3.01. The highest BCUT2D eigenvalue weighted by atomic mass is 32.1. The monoisotopic (exact) mass is 330 g/mol. The number of fused-ring (bicyclic) bond motifs is 1. The lowest BCUT2D eigenvalue weighted by Crippen LogP contribution is -2.37.